The molecule has 0 spiro atoms. The van der Waals surface area contributed by atoms with Gasteiger partial charge in [-0.15, -0.1) is 0 Å². The van der Waals surface area contributed by atoms with E-state index in [1.165, 1.54) is 0 Å². The lowest BCUT2D eigenvalue weighted by molar-refractivity contribution is -0.122. The minimum atomic E-state index is -3.89. The molecule has 6 heteroatoms. The van der Waals surface area contributed by atoms with Crippen molar-refractivity contribution in [3.05, 3.63) is 101 Å². The molecule has 0 aromatic heterocycles. The molecule has 0 radical (unpaired) electrons. The number of rotatable bonds is 9. The minimum absolute atomic E-state index is 0.234. The molecule has 3 aromatic carbocycles. The average molecular weight is 451 g/mol. The number of nitrogens with one attached hydrogen (secondary N) is 2. The zero-order valence-corrected chi connectivity index (χ0v) is 19.6. The maximum Gasteiger partial charge on any atom is 0.241 e. The number of amides is 1. The van der Waals surface area contributed by atoms with Crippen molar-refractivity contribution in [3.63, 3.8) is 0 Å². The van der Waals surface area contributed by atoms with Crippen LogP contribution in [0.25, 0.3) is 0 Å². The van der Waals surface area contributed by atoms with Gasteiger partial charge < -0.3 is 5.32 Å². The molecule has 2 N–H and O–H groups in total. The van der Waals surface area contributed by atoms with E-state index in [0.717, 1.165) is 16.7 Å². The molecule has 0 aliphatic heterocycles. The topological polar surface area (TPSA) is 75.3 Å². The largest absolute Gasteiger partial charge is 0.354 e. The molecule has 0 fully saturated rings. The van der Waals surface area contributed by atoms with Gasteiger partial charge in [0, 0.05) is 6.54 Å². The number of sulfonamides is 1. The lowest BCUT2D eigenvalue weighted by Gasteiger charge is -2.20. The highest BCUT2D eigenvalue weighted by molar-refractivity contribution is 7.89. The van der Waals surface area contributed by atoms with Crippen LogP contribution in [0.4, 0.5) is 0 Å². The van der Waals surface area contributed by atoms with Crippen LogP contribution in [-0.4, -0.2) is 26.9 Å². The third-order valence-electron chi connectivity index (χ3n) is 5.33. The SMILES string of the molecule is Cc1cc(C)c(S(=O)(=O)N[C@H](Cc2ccccc2)C(=O)NCCc2ccccc2)c(C)c1. The van der Waals surface area contributed by atoms with Gasteiger partial charge in [-0.1, -0.05) is 78.4 Å². The van der Waals surface area contributed by atoms with Gasteiger partial charge in [0.05, 0.1) is 4.90 Å². The second-order valence-electron chi connectivity index (χ2n) is 8.12. The van der Waals surface area contributed by atoms with Gasteiger partial charge in [0.2, 0.25) is 15.9 Å². The molecule has 0 bridgehead atoms. The summed E-state index contributed by atoms with van der Waals surface area (Å²) in [5.41, 5.74) is 4.32. The van der Waals surface area contributed by atoms with Crippen LogP contribution in [0.1, 0.15) is 27.8 Å². The number of benzene rings is 3. The van der Waals surface area contributed by atoms with E-state index >= 15 is 0 Å². The summed E-state index contributed by atoms with van der Waals surface area (Å²) in [7, 11) is -3.89. The second kappa shape index (κ2) is 10.6. The van der Waals surface area contributed by atoms with Gasteiger partial charge in [0.25, 0.3) is 0 Å². The molecule has 0 saturated carbocycles. The standard InChI is InChI=1S/C26H30N2O3S/c1-19-16-20(2)25(21(3)17-19)32(30,31)28-24(18-23-12-8-5-9-13-23)26(29)27-15-14-22-10-6-4-7-11-22/h4-13,16-17,24,28H,14-15,18H2,1-3H3,(H,27,29)/t24-/m1/s1. The van der Waals surface area contributed by atoms with Gasteiger partial charge in [0.15, 0.2) is 0 Å². The Balaban J connectivity index is 1.80. The number of hydrogen-bond donors (Lipinski definition) is 2. The lowest BCUT2D eigenvalue weighted by atomic mass is 10.1. The quantitative estimate of drug-likeness (QED) is 0.520. The fourth-order valence-electron chi connectivity index (χ4n) is 3.97. The van der Waals surface area contributed by atoms with E-state index in [0.29, 0.717) is 24.1 Å². The van der Waals surface area contributed by atoms with E-state index in [9.17, 15) is 13.2 Å². The third-order valence-corrected chi connectivity index (χ3v) is 7.10. The van der Waals surface area contributed by atoms with Crippen molar-refractivity contribution in [2.75, 3.05) is 6.54 Å². The maximum atomic E-state index is 13.3. The molecule has 168 valence electrons. The summed E-state index contributed by atoms with van der Waals surface area (Å²) in [6.45, 7) is 5.92. The Labute approximate surface area is 190 Å². The van der Waals surface area contributed by atoms with Crippen molar-refractivity contribution >= 4 is 15.9 Å². The van der Waals surface area contributed by atoms with Gasteiger partial charge in [-0.3, -0.25) is 4.79 Å². The van der Waals surface area contributed by atoms with Crippen molar-refractivity contribution in [3.8, 4) is 0 Å². The van der Waals surface area contributed by atoms with Crippen LogP contribution in [0.15, 0.2) is 77.7 Å². The molecular weight excluding hydrogens is 420 g/mol. The summed E-state index contributed by atoms with van der Waals surface area (Å²) < 4.78 is 29.3. The fraction of sp³-hybridized carbons (Fsp3) is 0.269. The fourth-order valence-corrected chi connectivity index (χ4v) is 5.62. The summed E-state index contributed by atoms with van der Waals surface area (Å²) in [6, 6.07) is 22.0. The first-order valence-corrected chi connectivity index (χ1v) is 12.2. The van der Waals surface area contributed by atoms with E-state index in [1.807, 2.05) is 79.7 Å². The summed E-state index contributed by atoms with van der Waals surface area (Å²) in [5.74, 6) is -0.337. The number of hydrogen-bond acceptors (Lipinski definition) is 3. The van der Waals surface area contributed by atoms with Crippen LogP contribution in [0, 0.1) is 20.8 Å². The molecule has 32 heavy (non-hydrogen) atoms. The van der Waals surface area contributed by atoms with Gasteiger partial charge in [-0.05, 0) is 55.9 Å². The normalized spacial score (nSPS) is 12.3. The number of aryl methyl sites for hydroxylation is 3. The van der Waals surface area contributed by atoms with E-state index in [-0.39, 0.29) is 17.2 Å². The van der Waals surface area contributed by atoms with Crippen LogP contribution in [0.3, 0.4) is 0 Å². The maximum absolute atomic E-state index is 13.3. The van der Waals surface area contributed by atoms with Gasteiger partial charge in [-0.2, -0.15) is 4.72 Å². The Morgan fingerprint density at radius 1 is 0.844 bits per heavy atom. The van der Waals surface area contributed by atoms with Gasteiger partial charge in [-0.25, -0.2) is 8.42 Å². The molecular formula is C26H30N2O3S. The van der Waals surface area contributed by atoms with Crippen molar-refractivity contribution in [1.82, 2.24) is 10.0 Å². The third kappa shape index (κ3) is 6.28. The first-order valence-electron chi connectivity index (χ1n) is 10.7. The van der Waals surface area contributed by atoms with Crippen LogP contribution >= 0.6 is 0 Å². The molecule has 0 aliphatic rings. The Morgan fingerprint density at radius 2 is 1.38 bits per heavy atom. The zero-order chi connectivity index (χ0) is 23.1. The van der Waals surface area contributed by atoms with Gasteiger partial charge in [0.1, 0.15) is 6.04 Å². The van der Waals surface area contributed by atoms with Gasteiger partial charge >= 0.3 is 0 Å². The molecule has 3 rings (SSSR count). The summed E-state index contributed by atoms with van der Waals surface area (Å²) in [4.78, 5) is 13.3. The molecule has 0 unspecified atom stereocenters. The van der Waals surface area contributed by atoms with Crippen molar-refractivity contribution < 1.29 is 13.2 Å². The van der Waals surface area contributed by atoms with Crippen molar-refractivity contribution in [2.24, 2.45) is 0 Å². The molecule has 5 nitrogen and oxygen atoms in total. The monoisotopic (exact) mass is 450 g/mol. The molecule has 1 atom stereocenters. The van der Waals surface area contributed by atoms with E-state index < -0.39 is 16.1 Å². The Kier molecular flexibility index (Phi) is 7.83. The molecule has 3 aromatic rings. The minimum Gasteiger partial charge on any atom is -0.354 e. The number of carbonyl (C=O) groups excluding carboxylic acids is 1. The van der Waals surface area contributed by atoms with Crippen LogP contribution < -0.4 is 10.0 Å². The molecule has 0 heterocycles. The first-order chi connectivity index (χ1) is 15.3. The zero-order valence-electron chi connectivity index (χ0n) is 18.8. The Hall–Kier alpha value is -2.96. The predicted octanol–water partition coefficient (Wildman–Crippen LogP) is 3.86. The smallest absolute Gasteiger partial charge is 0.241 e. The van der Waals surface area contributed by atoms with E-state index in [4.69, 9.17) is 0 Å². The Bertz CT molecular complexity index is 1140. The number of carbonyl (C=O) groups is 1. The van der Waals surface area contributed by atoms with E-state index in [1.54, 1.807) is 13.8 Å². The van der Waals surface area contributed by atoms with Crippen LogP contribution in [-0.2, 0) is 27.7 Å². The van der Waals surface area contributed by atoms with Crippen LogP contribution in [0.2, 0.25) is 0 Å². The highest BCUT2D eigenvalue weighted by atomic mass is 32.2. The Morgan fingerprint density at radius 3 is 1.94 bits per heavy atom. The van der Waals surface area contributed by atoms with Crippen molar-refractivity contribution in [1.29, 1.82) is 0 Å². The highest BCUT2D eigenvalue weighted by Gasteiger charge is 2.28. The second-order valence-corrected chi connectivity index (χ2v) is 9.77. The summed E-state index contributed by atoms with van der Waals surface area (Å²) in [5, 5.41) is 2.90. The molecule has 0 aliphatic carbocycles. The summed E-state index contributed by atoms with van der Waals surface area (Å²) >= 11 is 0. The average Bonchev–Trinajstić information content (AvgIpc) is 2.73. The van der Waals surface area contributed by atoms with Crippen molar-refractivity contribution in [2.45, 2.75) is 44.6 Å². The molecule has 0 saturated heterocycles. The van der Waals surface area contributed by atoms with Crippen LogP contribution in [0.5, 0.6) is 0 Å². The highest BCUT2D eigenvalue weighted by Crippen LogP contribution is 2.22. The van der Waals surface area contributed by atoms with E-state index in [2.05, 4.69) is 10.0 Å². The lowest BCUT2D eigenvalue weighted by Crippen LogP contribution is -2.48. The molecule has 1 amide bonds. The summed E-state index contributed by atoms with van der Waals surface area (Å²) in [6.07, 6.45) is 0.939. The first kappa shape index (κ1) is 23.7. The predicted molar refractivity (Wildman–Crippen MR) is 128 cm³/mol.